The van der Waals surface area contributed by atoms with Gasteiger partial charge in [-0.15, -0.1) is 0 Å². The molecule has 1 aliphatic carbocycles. The highest BCUT2D eigenvalue weighted by Crippen LogP contribution is 2.46. The number of carbonyl (C=O) groups is 1. The Bertz CT molecular complexity index is 907. The first-order valence-electron chi connectivity index (χ1n) is 10.6. The number of halogens is 1. The Morgan fingerprint density at radius 1 is 1.33 bits per heavy atom. The molecule has 0 radical (unpaired) electrons. The van der Waals surface area contributed by atoms with E-state index >= 15 is 0 Å². The standard InChI is InChI=1S/C21H26BrN5O3/c1-29-18(11-2-3-11)15-6-12(22)4-5-17(15)27-9-16-19(25-27)23-21(24-20(16)28)26-8-14-7-13(26)10-30-14/h4-6,9,11,13-14,18-19,21,23,25H,2-3,7-8,10H2,1H3,(H,24,28)/t13-,14-,18?,19?,21?/m1/s1. The van der Waals surface area contributed by atoms with Crippen molar-refractivity contribution in [3.63, 3.8) is 0 Å². The lowest BCUT2D eigenvalue weighted by molar-refractivity contribution is -0.123. The van der Waals surface area contributed by atoms with Crippen LogP contribution in [0.4, 0.5) is 5.69 Å². The minimum Gasteiger partial charge on any atom is -0.376 e. The van der Waals surface area contributed by atoms with Crippen LogP contribution in [0.15, 0.2) is 34.4 Å². The SMILES string of the molecule is COC(c1cc(Br)ccc1N1C=C2C(=O)NC(N3C[C@H]4C[C@@H]3CO4)NC2N1)C1CC1. The van der Waals surface area contributed by atoms with E-state index in [0.29, 0.717) is 17.5 Å². The van der Waals surface area contributed by atoms with Crippen LogP contribution in [-0.4, -0.2) is 55.7 Å². The Labute approximate surface area is 184 Å². The molecule has 3 saturated heterocycles. The minimum absolute atomic E-state index is 0.0356. The lowest BCUT2D eigenvalue weighted by atomic mass is 10.0. The van der Waals surface area contributed by atoms with Gasteiger partial charge in [-0.25, -0.2) is 5.43 Å². The molecule has 3 N–H and O–H groups in total. The lowest BCUT2D eigenvalue weighted by Gasteiger charge is -2.40. The fourth-order valence-electron chi connectivity index (χ4n) is 5.19. The zero-order chi connectivity index (χ0) is 20.4. The molecule has 0 spiro atoms. The van der Waals surface area contributed by atoms with Crippen LogP contribution in [0, 0.1) is 5.92 Å². The van der Waals surface area contributed by atoms with Gasteiger partial charge in [-0.05, 0) is 43.4 Å². The molecular weight excluding hydrogens is 450 g/mol. The van der Waals surface area contributed by atoms with Crippen molar-refractivity contribution >= 4 is 27.5 Å². The predicted molar refractivity (Wildman–Crippen MR) is 114 cm³/mol. The molecule has 160 valence electrons. The monoisotopic (exact) mass is 475 g/mol. The molecule has 4 heterocycles. The Balaban J connectivity index is 1.25. The van der Waals surface area contributed by atoms with Crippen molar-refractivity contribution in [3.05, 3.63) is 40.0 Å². The third-order valence-electron chi connectivity index (χ3n) is 6.84. The molecule has 2 bridgehead atoms. The predicted octanol–water partition coefficient (Wildman–Crippen LogP) is 1.56. The number of morpholine rings is 1. The summed E-state index contributed by atoms with van der Waals surface area (Å²) in [6.45, 7) is 1.60. The zero-order valence-electron chi connectivity index (χ0n) is 16.8. The van der Waals surface area contributed by atoms with E-state index in [-0.39, 0.29) is 30.6 Å². The number of nitrogens with one attached hydrogen (secondary N) is 3. The molecule has 4 aliphatic heterocycles. The number of fused-ring (bicyclic) bond motifs is 3. The van der Waals surface area contributed by atoms with Gasteiger partial charge in [0.15, 0.2) is 0 Å². The van der Waals surface area contributed by atoms with E-state index in [1.165, 1.54) is 12.8 Å². The average Bonchev–Trinajstić information content (AvgIpc) is 3.14. The summed E-state index contributed by atoms with van der Waals surface area (Å²) in [4.78, 5) is 15.2. The molecule has 1 aromatic carbocycles. The van der Waals surface area contributed by atoms with Gasteiger partial charge in [-0.3, -0.25) is 20.0 Å². The molecule has 6 rings (SSSR count). The number of nitrogens with zero attached hydrogens (tertiary/aromatic N) is 2. The summed E-state index contributed by atoms with van der Waals surface area (Å²) in [5, 5.41) is 8.65. The average molecular weight is 476 g/mol. The first kappa shape index (κ1) is 19.2. The van der Waals surface area contributed by atoms with E-state index in [0.717, 1.165) is 35.3 Å². The molecule has 30 heavy (non-hydrogen) atoms. The summed E-state index contributed by atoms with van der Waals surface area (Å²) in [6, 6.07) is 6.59. The Kier molecular flexibility index (Phi) is 4.67. The smallest absolute Gasteiger partial charge is 0.254 e. The van der Waals surface area contributed by atoms with Gasteiger partial charge >= 0.3 is 0 Å². The van der Waals surface area contributed by atoms with E-state index in [1.54, 1.807) is 7.11 Å². The number of amides is 1. The number of methoxy groups -OCH3 is 1. The number of hydrazine groups is 1. The van der Waals surface area contributed by atoms with Gasteiger partial charge in [0.1, 0.15) is 12.5 Å². The zero-order valence-corrected chi connectivity index (χ0v) is 18.4. The second-order valence-electron chi connectivity index (χ2n) is 8.80. The van der Waals surface area contributed by atoms with Crippen molar-refractivity contribution in [1.82, 2.24) is 21.0 Å². The number of likely N-dealkylation sites (tertiary alicyclic amines) is 1. The number of benzene rings is 1. The van der Waals surface area contributed by atoms with Crippen LogP contribution in [0.2, 0.25) is 0 Å². The van der Waals surface area contributed by atoms with Crippen molar-refractivity contribution < 1.29 is 14.3 Å². The van der Waals surface area contributed by atoms with Crippen LogP contribution < -0.4 is 21.1 Å². The summed E-state index contributed by atoms with van der Waals surface area (Å²) in [5.74, 6) is 0.519. The van der Waals surface area contributed by atoms with Crippen LogP contribution in [0.1, 0.15) is 30.9 Å². The van der Waals surface area contributed by atoms with Crippen molar-refractivity contribution in [2.24, 2.45) is 5.92 Å². The topological polar surface area (TPSA) is 78.1 Å². The first-order chi connectivity index (χ1) is 14.6. The fraction of sp³-hybridized carbons (Fsp3) is 0.571. The van der Waals surface area contributed by atoms with Gasteiger partial charge in [0, 0.05) is 35.9 Å². The first-order valence-corrected chi connectivity index (χ1v) is 11.4. The Morgan fingerprint density at radius 3 is 2.90 bits per heavy atom. The maximum Gasteiger partial charge on any atom is 0.254 e. The Hall–Kier alpha value is -1.49. The highest BCUT2D eigenvalue weighted by molar-refractivity contribution is 9.10. The van der Waals surface area contributed by atoms with E-state index in [2.05, 4.69) is 49.0 Å². The number of hydrogen-bond acceptors (Lipinski definition) is 7. The number of hydrogen-bond donors (Lipinski definition) is 3. The highest BCUT2D eigenvalue weighted by Gasteiger charge is 2.46. The minimum atomic E-state index is -0.234. The molecule has 5 atom stereocenters. The van der Waals surface area contributed by atoms with Crippen LogP contribution in [0.25, 0.3) is 0 Å². The van der Waals surface area contributed by atoms with Crippen molar-refractivity contribution in [3.8, 4) is 0 Å². The lowest BCUT2D eigenvalue weighted by Crippen LogP contribution is -2.68. The van der Waals surface area contributed by atoms with Gasteiger partial charge in [-0.2, -0.15) is 0 Å². The summed E-state index contributed by atoms with van der Waals surface area (Å²) in [7, 11) is 1.77. The molecule has 1 aromatic rings. The molecule has 5 aliphatic rings. The molecule has 8 nitrogen and oxygen atoms in total. The van der Waals surface area contributed by atoms with Gasteiger partial charge in [0.05, 0.1) is 30.1 Å². The largest absolute Gasteiger partial charge is 0.376 e. The van der Waals surface area contributed by atoms with Crippen molar-refractivity contribution in [1.29, 1.82) is 0 Å². The van der Waals surface area contributed by atoms with Crippen molar-refractivity contribution in [2.45, 2.75) is 50.0 Å². The second-order valence-corrected chi connectivity index (χ2v) is 9.71. The maximum atomic E-state index is 12.9. The third kappa shape index (κ3) is 3.19. The number of carbonyl (C=O) groups excluding carboxylic acids is 1. The summed E-state index contributed by atoms with van der Waals surface area (Å²) in [6.07, 6.45) is 5.24. The van der Waals surface area contributed by atoms with Crippen molar-refractivity contribution in [2.75, 3.05) is 25.3 Å². The highest BCUT2D eigenvalue weighted by atomic mass is 79.9. The van der Waals surface area contributed by atoms with Crippen LogP contribution >= 0.6 is 15.9 Å². The van der Waals surface area contributed by atoms with Gasteiger partial charge in [0.2, 0.25) is 0 Å². The van der Waals surface area contributed by atoms with Crippen LogP contribution in [0.3, 0.4) is 0 Å². The van der Waals surface area contributed by atoms with E-state index < -0.39 is 0 Å². The maximum absolute atomic E-state index is 12.9. The number of anilines is 1. The van der Waals surface area contributed by atoms with Gasteiger partial charge in [-0.1, -0.05) is 15.9 Å². The van der Waals surface area contributed by atoms with Crippen LogP contribution in [-0.2, 0) is 14.3 Å². The van der Waals surface area contributed by atoms with E-state index in [1.807, 2.05) is 17.3 Å². The molecule has 0 aromatic heterocycles. The Morgan fingerprint density at radius 2 is 2.20 bits per heavy atom. The quantitative estimate of drug-likeness (QED) is 0.596. The molecule has 9 heteroatoms. The summed E-state index contributed by atoms with van der Waals surface area (Å²) in [5.41, 5.74) is 6.31. The molecule has 1 amide bonds. The molecule has 1 saturated carbocycles. The van der Waals surface area contributed by atoms with E-state index in [9.17, 15) is 4.79 Å². The molecule has 3 unspecified atom stereocenters. The summed E-state index contributed by atoms with van der Waals surface area (Å²) >= 11 is 3.60. The normalized spacial score (nSPS) is 34.1. The third-order valence-corrected chi connectivity index (χ3v) is 7.33. The number of ether oxygens (including phenoxy) is 2. The fourth-order valence-corrected chi connectivity index (χ4v) is 5.57. The van der Waals surface area contributed by atoms with Gasteiger partial charge in [0.25, 0.3) is 5.91 Å². The van der Waals surface area contributed by atoms with E-state index in [4.69, 9.17) is 9.47 Å². The number of rotatable bonds is 5. The summed E-state index contributed by atoms with van der Waals surface area (Å²) < 4.78 is 12.6. The second kappa shape index (κ2) is 7.29. The van der Waals surface area contributed by atoms with Crippen LogP contribution in [0.5, 0.6) is 0 Å². The molecular formula is C21H26BrN5O3. The van der Waals surface area contributed by atoms with Gasteiger partial charge < -0.3 is 14.8 Å². The molecule has 4 fully saturated rings.